The molecule has 0 bridgehead atoms. The van der Waals surface area contributed by atoms with E-state index in [9.17, 15) is 4.79 Å². The number of fused-ring (bicyclic) bond motifs is 1. The summed E-state index contributed by atoms with van der Waals surface area (Å²) in [5.41, 5.74) is 2.76. The molecule has 0 radical (unpaired) electrons. The molecule has 1 aromatic rings. The molecular weight excluding hydrogens is 302 g/mol. The molecule has 2 unspecified atom stereocenters. The Bertz CT molecular complexity index is 433. The van der Waals surface area contributed by atoms with E-state index in [1.165, 1.54) is 11.1 Å². The van der Waals surface area contributed by atoms with Crippen molar-refractivity contribution in [2.24, 2.45) is 5.92 Å². The van der Waals surface area contributed by atoms with Crippen molar-refractivity contribution in [3.8, 4) is 0 Å². The number of carbonyl (C=O) groups excluding carboxylic acids is 1. The normalized spacial score (nSPS) is 19.6. The van der Waals surface area contributed by atoms with Crippen LogP contribution in [0, 0.1) is 5.92 Å². The molecule has 1 aliphatic carbocycles. The number of benzene rings is 1. The molecule has 2 atom stereocenters. The first-order valence-electron chi connectivity index (χ1n) is 7.19. The van der Waals surface area contributed by atoms with Crippen LogP contribution in [0.4, 0.5) is 0 Å². The number of hydrogen-bond acceptors (Lipinski definition) is 1. The van der Waals surface area contributed by atoms with Crippen molar-refractivity contribution in [2.45, 2.75) is 43.9 Å². The average Bonchev–Trinajstić information content (AvgIpc) is 2.44. The second-order valence-corrected chi connectivity index (χ2v) is 6.63. The van der Waals surface area contributed by atoms with Gasteiger partial charge in [-0.15, -0.1) is 0 Å². The molecule has 0 heterocycles. The number of amides is 1. The number of hydrogen-bond donors (Lipinski definition) is 1. The van der Waals surface area contributed by atoms with Crippen molar-refractivity contribution in [3.05, 3.63) is 35.4 Å². The van der Waals surface area contributed by atoms with Crippen LogP contribution in [0.15, 0.2) is 24.3 Å². The maximum atomic E-state index is 12.2. The van der Waals surface area contributed by atoms with Crippen molar-refractivity contribution in [2.75, 3.05) is 6.54 Å². The quantitative estimate of drug-likeness (QED) is 0.826. The summed E-state index contributed by atoms with van der Waals surface area (Å²) in [4.78, 5) is 12.6. The Morgan fingerprint density at radius 2 is 2.16 bits per heavy atom. The summed E-state index contributed by atoms with van der Waals surface area (Å²) in [6.07, 6.45) is 5.14. The van der Waals surface area contributed by atoms with Crippen LogP contribution in [-0.4, -0.2) is 17.3 Å². The van der Waals surface area contributed by atoms with Gasteiger partial charge in [-0.05, 0) is 36.8 Å². The van der Waals surface area contributed by atoms with Crippen molar-refractivity contribution >= 4 is 21.8 Å². The van der Waals surface area contributed by atoms with Crippen molar-refractivity contribution < 1.29 is 4.79 Å². The Hall–Kier alpha value is -0.830. The maximum absolute atomic E-state index is 12.2. The molecule has 104 valence electrons. The number of nitrogens with one attached hydrogen (secondary N) is 1. The highest BCUT2D eigenvalue weighted by molar-refractivity contribution is 9.09. The molecule has 0 fully saturated rings. The molecular formula is C16H22BrNO. The van der Waals surface area contributed by atoms with E-state index in [0.29, 0.717) is 4.83 Å². The highest BCUT2D eigenvalue weighted by atomic mass is 79.9. The highest BCUT2D eigenvalue weighted by Crippen LogP contribution is 2.25. The Labute approximate surface area is 124 Å². The second kappa shape index (κ2) is 7.09. The van der Waals surface area contributed by atoms with Crippen LogP contribution >= 0.6 is 15.9 Å². The molecule has 2 rings (SSSR count). The topological polar surface area (TPSA) is 29.1 Å². The lowest BCUT2D eigenvalue weighted by molar-refractivity contribution is -0.125. The first-order chi connectivity index (χ1) is 9.20. The molecule has 1 amide bonds. The van der Waals surface area contributed by atoms with Gasteiger partial charge in [0, 0.05) is 17.3 Å². The molecule has 1 N–H and O–H groups in total. The summed E-state index contributed by atoms with van der Waals surface area (Å²) in [7, 11) is 0. The third-order valence-corrected chi connectivity index (χ3v) is 4.60. The molecule has 1 aromatic carbocycles. The maximum Gasteiger partial charge on any atom is 0.223 e. The van der Waals surface area contributed by atoms with Crippen LogP contribution in [0.2, 0.25) is 0 Å². The third kappa shape index (κ3) is 4.07. The van der Waals surface area contributed by atoms with Crippen molar-refractivity contribution in [1.82, 2.24) is 5.32 Å². The van der Waals surface area contributed by atoms with Gasteiger partial charge in [-0.3, -0.25) is 4.79 Å². The van der Waals surface area contributed by atoms with E-state index in [1.54, 1.807) is 0 Å². The van der Waals surface area contributed by atoms with Crippen LogP contribution in [-0.2, 0) is 17.6 Å². The summed E-state index contributed by atoms with van der Waals surface area (Å²) < 4.78 is 0. The molecule has 0 aliphatic heterocycles. The molecule has 19 heavy (non-hydrogen) atoms. The number of aryl methyl sites for hydroxylation is 1. The number of rotatable bonds is 5. The molecule has 1 aliphatic rings. The van der Waals surface area contributed by atoms with E-state index in [1.807, 2.05) is 0 Å². The van der Waals surface area contributed by atoms with Crippen LogP contribution in [0.3, 0.4) is 0 Å². The van der Waals surface area contributed by atoms with Crippen LogP contribution < -0.4 is 5.32 Å². The Morgan fingerprint density at radius 3 is 2.89 bits per heavy atom. The molecule has 0 aromatic heterocycles. The van der Waals surface area contributed by atoms with E-state index >= 15 is 0 Å². The number of carbonyl (C=O) groups is 1. The van der Waals surface area contributed by atoms with E-state index in [4.69, 9.17) is 0 Å². The fourth-order valence-corrected chi connectivity index (χ4v) is 3.31. The van der Waals surface area contributed by atoms with Crippen LogP contribution in [0.5, 0.6) is 0 Å². The van der Waals surface area contributed by atoms with Crippen molar-refractivity contribution in [3.63, 3.8) is 0 Å². The fraction of sp³-hybridized carbons (Fsp3) is 0.562. The predicted octanol–water partition coefficient (Wildman–Crippen LogP) is 3.47. The lowest BCUT2D eigenvalue weighted by Gasteiger charge is -2.24. The zero-order valence-corrected chi connectivity index (χ0v) is 13.1. The van der Waals surface area contributed by atoms with E-state index in [-0.39, 0.29) is 11.8 Å². The smallest absolute Gasteiger partial charge is 0.223 e. The molecule has 0 spiro atoms. The van der Waals surface area contributed by atoms with Gasteiger partial charge in [-0.25, -0.2) is 0 Å². The third-order valence-electron chi connectivity index (χ3n) is 3.82. The second-order valence-electron chi connectivity index (χ2n) is 5.34. The largest absolute Gasteiger partial charge is 0.355 e. The monoisotopic (exact) mass is 323 g/mol. The van der Waals surface area contributed by atoms with Gasteiger partial charge < -0.3 is 5.32 Å². The van der Waals surface area contributed by atoms with E-state index in [2.05, 4.69) is 52.4 Å². The van der Waals surface area contributed by atoms with E-state index < -0.39 is 0 Å². The minimum Gasteiger partial charge on any atom is -0.355 e. The van der Waals surface area contributed by atoms with Gasteiger partial charge in [-0.1, -0.05) is 53.5 Å². The van der Waals surface area contributed by atoms with Crippen molar-refractivity contribution in [1.29, 1.82) is 0 Å². The summed E-state index contributed by atoms with van der Waals surface area (Å²) in [6.45, 7) is 2.90. The van der Waals surface area contributed by atoms with Gasteiger partial charge in [-0.2, -0.15) is 0 Å². The van der Waals surface area contributed by atoms with Gasteiger partial charge in [0.05, 0.1) is 0 Å². The van der Waals surface area contributed by atoms with E-state index in [0.717, 1.165) is 38.6 Å². The number of alkyl halides is 1. The predicted molar refractivity (Wildman–Crippen MR) is 82.6 cm³/mol. The van der Waals surface area contributed by atoms with Gasteiger partial charge in [0.2, 0.25) is 5.91 Å². The summed E-state index contributed by atoms with van der Waals surface area (Å²) in [5.74, 6) is 0.367. The standard InChI is InChI=1S/C16H22BrNO/c1-2-5-15(17)11-18-16(19)14-9-8-12-6-3-4-7-13(12)10-14/h3-4,6-7,14-15H,2,5,8-11H2,1H3,(H,18,19). The average molecular weight is 324 g/mol. The highest BCUT2D eigenvalue weighted by Gasteiger charge is 2.24. The Kier molecular flexibility index (Phi) is 5.44. The Balaban J connectivity index is 1.85. The summed E-state index contributed by atoms with van der Waals surface area (Å²) in [5, 5.41) is 3.08. The minimum absolute atomic E-state index is 0.149. The molecule has 0 saturated heterocycles. The zero-order chi connectivity index (χ0) is 13.7. The first kappa shape index (κ1) is 14.6. The lowest BCUT2D eigenvalue weighted by Crippen LogP contribution is -2.37. The van der Waals surface area contributed by atoms with Gasteiger partial charge >= 0.3 is 0 Å². The molecule has 3 heteroatoms. The molecule has 2 nitrogen and oxygen atoms in total. The number of halogens is 1. The van der Waals surface area contributed by atoms with Gasteiger partial charge in [0.1, 0.15) is 0 Å². The van der Waals surface area contributed by atoms with Gasteiger partial charge in [0.25, 0.3) is 0 Å². The zero-order valence-electron chi connectivity index (χ0n) is 11.5. The Morgan fingerprint density at radius 1 is 1.42 bits per heavy atom. The lowest BCUT2D eigenvalue weighted by atomic mass is 9.83. The van der Waals surface area contributed by atoms with Crippen LogP contribution in [0.1, 0.15) is 37.3 Å². The van der Waals surface area contributed by atoms with Crippen LogP contribution in [0.25, 0.3) is 0 Å². The minimum atomic E-state index is 0.149. The SMILES string of the molecule is CCCC(Br)CNC(=O)C1CCc2ccccc2C1. The summed E-state index contributed by atoms with van der Waals surface area (Å²) >= 11 is 3.60. The first-order valence-corrected chi connectivity index (χ1v) is 8.10. The van der Waals surface area contributed by atoms with Gasteiger partial charge in [0.15, 0.2) is 0 Å². The molecule has 0 saturated carbocycles. The fourth-order valence-electron chi connectivity index (χ4n) is 2.69. The summed E-state index contributed by atoms with van der Waals surface area (Å²) in [6, 6.07) is 8.48.